The van der Waals surface area contributed by atoms with Crippen molar-refractivity contribution in [3.8, 4) is 0 Å². The second-order valence-corrected chi connectivity index (χ2v) is 5.05. The molecular formula is C16H14ClFN4O2. The number of rotatable bonds is 4. The highest BCUT2D eigenvalue weighted by Crippen LogP contribution is 2.24. The average Bonchev–Trinajstić information content (AvgIpc) is 2.58. The summed E-state index contributed by atoms with van der Waals surface area (Å²) < 4.78 is 13.7. The minimum absolute atomic E-state index is 0.281. The topological polar surface area (TPSA) is 82.6 Å². The van der Waals surface area contributed by atoms with Gasteiger partial charge in [-0.3, -0.25) is 9.59 Å². The molecule has 0 aliphatic heterocycles. The van der Waals surface area contributed by atoms with Gasteiger partial charge in [0.05, 0.1) is 11.9 Å². The molecule has 0 fully saturated rings. The highest BCUT2D eigenvalue weighted by atomic mass is 35.5. The molecule has 124 valence electrons. The maximum Gasteiger partial charge on any atom is 0.329 e. The van der Waals surface area contributed by atoms with Gasteiger partial charge in [0, 0.05) is 23.3 Å². The number of hydrogen-bond donors (Lipinski definition) is 3. The zero-order valence-electron chi connectivity index (χ0n) is 12.6. The molecule has 0 aliphatic rings. The Kier molecular flexibility index (Phi) is 5.86. The van der Waals surface area contributed by atoms with Crippen molar-refractivity contribution in [1.82, 2.24) is 10.7 Å². The van der Waals surface area contributed by atoms with Crippen molar-refractivity contribution in [3.05, 3.63) is 58.9 Å². The predicted molar refractivity (Wildman–Crippen MR) is 90.9 cm³/mol. The number of halogens is 2. The fourth-order valence-electron chi connectivity index (χ4n) is 1.79. The number of anilines is 2. The molecule has 2 aromatic rings. The van der Waals surface area contributed by atoms with Gasteiger partial charge in [-0.2, -0.15) is 5.10 Å². The molecule has 3 N–H and O–H groups in total. The van der Waals surface area contributed by atoms with Gasteiger partial charge >= 0.3 is 11.8 Å². The van der Waals surface area contributed by atoms with Gasteiger partial charge in [0.25, 0.3) is 0 Å². The number of hydrazone groups is 1. The molecule has 2 rings (SSSR count). The molecule has 0 aliphatic carbocycles. The third-order valence-corrected chi connectivity index (χ3v) is 3.19. The van der Waals surface area contributed by atoms with Crippen molar-refractivity contribution in [3.63, 3.8) is 0 Å². The molecule has 0 bridgehead atoms. The van der Waals surface area contributed by atoms with Crippen LogP contribution in [0.3, 0.4) is 0 Å². The second kappa shape index (κ2) is 8.07. The van der Waals surface area contributed by atoms with E-state index in [0.29, 0.717) is 16.3 Å². The first-order valence-corrected chi connectivity index (χ1v) is 7.25. The molecule has 0 spiro atoms. The van der Waals surface area contributed by atoms with Crippen LogP contribution in [0.5, 0.6) is 0 Å². The van der Waals surface area contributed by atoms with Crippen LogP contribution >= 0.6 is 11.6 Å². The fraction of sp³-hybridized carbons (Fsp3) is 0.0625. The monoisotopic (exact) mass is 348 g/mol. The summed E-state index contributed by atoms with van der Waals surface area (Å²) in [5.41, 5.74) is 3.39. The largest absolute Gasteiger partial charge is 0.353 e. The van der Waals surface area contributed by atoms with Crippen LogP contribution in [0.2, 0.25) is 5.02 Å². The Labute approximate surface area is 142 Å². The van der Waals surface area contributed by atoms with E-state index >= 15 is 0 Å². The zero-order chi connectivity index (χ0) is 17.5. The number of para-hydroxylation sites is 1. The highest BCUT2D eigenvalue weighted by molar-refractivity contribution is 6.35. The number of amides is 2. The molecule has 2 aromatic carbocycles. The van der Waals surface area contributed by atoms with Crippen LogP contribution in [0.25, 0.3) is 0 Å². The zero-order valence-corrected chi connectivity index (χ0v) is 13.4. The second-order valence-electron chi connectivity index (χ2n) is 4.61. The van der Waals surface area contributed by atoms with Crippen molar-refractivity contribution >= 4 is 41.0 Å². The van der Waals surface area contributed by atoms with E-state index in [-0.39, 0.29) is 5.69 Å². The standard InChI is InChI=1S/C16H14ClFN4O2/c1-19-15(23)16(24)22-20-9-10-8-11(17)6-7-13(10)21-14-5-3-2-4-12(14)18/h2-9,21H,1H3,(H,19,23)(H,22,24)/b20-9-. The number of benzene rings is 2. The molecule has 8 heteroatoms. The van der Waals surface area contributed by atoms with Crippen molar-refractivity contribution in [1.29, 1.82) is 0 Å². The first kappa shape index (κ1) is 17.4. The van der Waals surface area contributed by atoms with Crippen LogP contribution in [-0.4, -0.2) is 25.1 Å². The molecule has 0 radical (unpaired) electrons. The van der Waals surface area contributed by atoms with Crippen LogP contribution in [0.4, 0.5) is 15.8 Å². The molecule has 2 amide bonds. The molecule has 0 heterocycles. The van der Waals surface area contributed by atoms with Crippen LogP contribution in [0.1, 0.15) is 5.56 Å². The maximum atomic E-state index is 13.7. The lowest BCUT2D eigenvalue weighted by Crippen LogP contribution is -2.35. The molecule has 0 aromatic heterocycles. The molecule has 24 heavy (non-hydrogen) atoms. The Hall–Kier alpha value is -2.93. The van der Waals surface area contributed by atoms with Gasteiger partial charge in [0.1, 0.15) is 5.82 Å². The number of carbonyl (C=O) groups is 2. The third kappa shape index (κ3) is 4.53. The minimum atomic E-state index is -0.903. The van der Waals surface area contributed by atoms with Crippen molar-refractivity contribution in [2.24, 2.45) is 5.10 Å². The lowest BCUT2D eigenvalue weighted by atomic mass is 10.2. The van der Waals surface area contributed by atoms with Crippen molar-refractivity contribution in [2.75, 3.05) is 12.4 Å². The van der Waals surface area contributed by atoms with E-state index in [0.717, 1.165) is 0 Å². The van der Waals surface area contributed by atoms with Crippen molar-refractivity contribution < 1.29 is 14.0 Å². The summed E-state index contributed by atoms with van der Waals surface area (Å²) in [6.45, 7) is 0. The van der Waals surface area contributed by atoms with Crippen molar-refractivity contribution in [2.45, 2.75) is 0 Å². The Balaban J connectivity index is 2.20. The van der Waals surface area contributed by atoms with Gasteiger partial charge in [-0.15, -0.1) is 0 Å². The lowest BCUT2D eigenvalue weighted by Gasteiger charge is -2.10. The van der Waals surface area contributed by atoms with Gasteiger partial charge in [-0.1, -0.05) is 23.7 Å². The van der Waals surface area contributed by atoms with Crippen LogP contribution in [0, 0.1) is 5.82 Å². The van der Waals surface area contributed by atoms with Gasteiger partial charge in [-0.25, -0.2) is 9.82 Å². The summed E-state index contributed by atoms with van der Waals surface area (Å²) in [6.07, 6.45) is 1.30. The van der Waals surface area contributed by atoms with E-state index in [1.807, 2.05) is 0 Å². The molecule has 0 atom stereocenters. The summed E-state index contributed by atoms with van der Waals surface area (Å²) >= 11 is 5.95. The normalized spacial score (nSPS) is 10.5. The fourth-order valence-corrected chi connectivity index (χ4v) is 1.97. The van der Waals surface area contributed by atoms with Crippen LogP contribution in [-0.2, 0) is 9.59 Å². The van der Waals surface area contributed by atoms with Crippen LogP contribution in [0.15, 0.2) is 47.6 Å². The number of nitrogens with one attached hydrogen (secondary N) is 3. The summed E-state index contributed by atoms with van der Waals surface area (Å²) in [4.78, 5) is 22.4. The molecule has 6 nitrogen and oxygen atoms in total. The summed E-state index contributed by atoms with van der Waals surface area (Å²) in [5.74, 6) is -2.13. The van der Waals surface area contributed by atoms with Gasteiger partial charge in [0.15, 0.2) is 0 Å². The Morgan fingerprint density at radius 1 is 1.12 bits per heavy atom. The minimum Gasteiger partial charge on any atom is -0.353 e. The van der Waals surface area contributed by atoms with E-state index in [1.165, 1.54) is 19.3 Å². The maximum absolute atomic E-state index is 13.7. The molecule has 0 saturated heterocycles. The lowest BCUT2D eigenvalue weighted by molar-refractivity contribution is -0.138. The Morgan fingerprint density at radius 3 is 2.58 bits per heavy atom. The summed E-state index contributed by atoms with van der Waals surface area (Å²) in [7, 11) is 1.33. The van der Waals surface area contributed by atoms with E-state index < -0.39 is 17.6 Å². The van der Waals surface area contributed by atoms with E-state index in [1.54, 1.807) is 36.4 Å². The summed E-state index contributed by atoms with van der Waals surface area (Å²) in [5, 5.41) is 9.23. The first-order valence-electron chi connectivity index (χ1n) is 6.87. The van der Waals surface area contributed by atoms with Gasteiger partial charge in [-0.05, 0) is 30.3 Å². The quantitative estimate of drug-likeness (QED) is 0.451. The Morgan fingerprint density at radius 2 is 1.88 bits per heavy atom. The smallest absolute Gasteiger partial charge is 0.329 e. The number of hydrogen-bond acceptors (Lipinski definition) is 4. The predicted octanol–water partition coefficient (Wildman–Crippen LogP) is 2.42. The Bertz CT molecular complexity index is 795. The first-order chi connectivity index (χ1) is 11.5. The van der Waals surface area contributed by atoms with Gasteiger partial charge < -0.3 is 10.6 Å². The van der Waals surface area contributed by atoms with E-state index in [9.17, 15) is 14.0 Å². The third-order valence-electron chi connectivity index (χ3n) is 2.96. The number of nitrogens with zero attached hydrogens (tertiary/aromatic N) is 1. The number of likely N-dealkylation sites (N-methyl/N-ethyl adjacent to an activating group) is 1. The molecule has 0 unspecified atom stereocenters. The van der Waals surface area contributed by atoms with E-state index in [2.05, 4.69) is 21.2 Å². The molecular weight excluding hydrogens is 335 g/mol. The highest BCUT2D eigenvalue weighted by Gasteiger charge is 2.09. The SMILES string of the molecule is CNC(=O)C(=O)N/N=C\c1cc(Cl)ccc1Nc1ccccc1F. The number of carbonyl (C=O) groups excluding carboxylic acids is 2. The van der Waals surface area contributed by atoms with E-state index in [4.69, 9.17) is 11.6 Å². The van der Waals surface area contributed by atoms with Gasteiger partial charge in [0.2, 0.25) is 0 Å². The molecule has 0 saturated carbocycles. The van der Waals surface area contributed by atoms with Crippen LogP contribution < -0.4 is 16.1 Å². The average molecular weight is 349 g/mol. The summed E-state index contributed by atoms with van der Waals surface area (Å²) in [6, 6.07) is 11.0.